The highest BCUT2D eigenvalue weighted by Crippen LogP contribution is 2.30. The minimum atomic E-state index is -0.439. The molecule has 4 atom stereocenters. The van der Waals surface area contributed by atoms with Crippen molar-refractivity contribution in [3.8, 4) is 23.0 Å². The zero-order valence-electron chi connectivity index (χ0n) is 39.5. The smallest absolute Gasteiger partial charge is 0.347 e. The Bertz CT molecular complexity index is 2020. The van der Waals surface area contributed by atoms with Gasteiger partial charge in [-0.1, -0.05) is 132 Å². The zero-order valence-corrected chi connectivity index (χ0v) is 39.5. The second-order valence-corrected chi connectivity index (χ2v) is 17.9. The van der Waals surface area contributed by atoms with Crippen LogP contribution < -0.4 is 21.1 Å². The van der Waals surface area contributed by atoms with Gasteiger partial charge < -0.3 is 18.6 Å². The van der Waals surface area contributed by atoms with Crippen molar-refractivity contribution in [3.63, 3.8) is 0 Å². The third-order valence-electron chi connectivity index (χ3n) is 13.3. The molecule has 0 radical (unpaired) electrons. The van der Waals surface area contributed by atoms with E-state index in [2.05, 4.69) is 82.3 Å². The molecule has 0 N–H and O–H groups in total. The minimum absolute atomic E-state index is 0.139. The molecule has 3 heterocycles. The van der Waals surface area contributed by atoms with Crippen LogP contribution in [0.15, 0.2) is 73.2 Å². The van der Waals surface area contributed by atoms with E-state index in [0.29, 0.717) is 56.7 Å². The fourth-order valence-corrected chi connectivity index (χ4v) is 8.88. The second-order valence-electron chi connectivity index (χ2n) is 17.9. The normalized spacial score (nSPS) is 13.7. The summed E-state index contributed by atoms with van der Waals surface area (Å²) >= 11 is 0. The van der Waals surface area contributed by atoms with Gasteiger partial charge in [0, 0.05) is 43.8 Å². The zero-order chi connectivity index (χ0) is 44.4. The molecular formula is C53H77N5O4. The Balaban J connectivity index is 1.39. The van der Waals surface area contributed by atoms with Gasteiger partial charge >= 0.3 is 11.3 Å². The van der Waals surface area contributed by atoms with Gasteiger partial charge in [0.1, 0.15) is 5.69 Å². The van der Waals surface area contributed by atoms with Crippen LogP contribution in [0, 0.1) is 23.7 Å². The standard InChI is InChI=1S/C53H77N5O4/c1-9-17-21-38(13-5)34-57(35-39(14-6)22-18-10-2)43-26-29-47-45(31-43)52(59)61-50(55-47)42-25-28-49(54-33-42)51-56-48-30-27-44(32-46(48)53(60)62-51)58(36-40(15-7)23-19-11-3)37-41(16-8)24-20-12-4/h25-33,38-41H,9-24,34-37H2,1-8H3. The van der Waals surface area contributed by atoms with E-state index in [1.807, 2.05) is 24.3 Å². The number of anilines is 2. The molecular weight excluding hydrogens is 771 g/mol. The first kappa shape index (κ1) is 48.5. The van der Waals surface area contributed by atoms with Crippen LogP contribution in [0.4, 0.5) is 11.4 Å². The Morgan fingerprint density at radius 2 is 0.887 bits per heavy atom. The van der Waals surface area contributed by atoms with Crippen molar-refractivity contribution in [2.45, 2.75) is 158 Å². The van der Waals surface area contributed by atoms with Crippen LogP contribution in [0.5, 0.6) is 0 Å². The number of fused-ring (bicyclic) bond motifs is 2. The number of rotatable bonds is 28. The summed E-state index contributed by atoms with van der Waals surface area (Å²) in [4.78, 5) is 46.4. The third-order valence-corrected chi connectivity index (χ3v) is 13.3. The SMILES string of the molecule is CCCCC(CC)CN(CC(CC)CCCC)c1ccc2nc(-c3ccc(-c4nc5ccc(N(CC(CC)CCCC)CC(CC)CCCC)cc5c(=O)o4)nc3)oc(=O)c2c1. The van der Waals surface area contributed by atoms with Gasteiger partial charge in [-0.15, -0.1) is 0 Å². The summed E-state index contributed by atoms with van der Waals surface area (Å²) in [5.74, 6) is 2.72. The van der Waals surface area contributed by atoms with Crippen LogP contribution >= 0.6 is 0 Å². The number of hydrogen-bond donors (Lipinski definition) is 0. The Labute approximate surface area is 372 Å². The summed E-state index contributed by atoms with van der Waals surface area (Å²) < 4.78 is 11.7. The van der Waals surface area contributed by atoms with E-state index in [4.69, 9.17) is 18.8 Å². The van der Waals surface area contributed by atoms with Crippen LogP contribution in [0.3, 0.4) is 0 Å². The maximum atomic E-state index is 13.6. The highest BCUT2D eigenvalue weighted by atomic mass is 16.4. The summed E-state index contributed by atoms with van der Waals surface area (Å²) in [7, 11) is 0. The van der Waals surface area contributed by atoms with Crippen molar-refractivity contribution in [1.82, 2.24) is 15.0 Å². The third kappa shape index (κ3) is 13.2. The Morgan fingerprint density at radius 3 is 1.24 bits per heavy atom. The predicted octanol–water partition coefficient (Wildman–Crippen LogP) is 13.9. The summed E-state index contributed by atoms with van der Waals surface area (Å²) in [5.41, 5.74) is 3.33. The molecule has 62 heavy (non-hydrogen) atoms. The largest absolute Gasteiger partial charge is 0.403 e. The van der Waals surface area contributed by atoms with E-state index in [9.17, 15) is 9.59 Å². The lowest BCUT2D eigenvalue weighted by Gasteiger charge is -2.32. The van der Waals surface area contributed by atoms with E-state index in [0.717, 1.165) is 63.2 Å². The molecule has 5 aromatic rings. The van der Waals surface area contributed by atoms with Crippen LogP contribution in [0.1, 0.15) is 158 Å². The first-order valence-electron chi connectivity index (χ1n) is 24.5. The van der Waals surface area contributed by atoms with E-state index >= 15 is 0 Å². The van der Waals surface area contributed by atoms with E-state index < -0.39 is 11.3 Å². The van der Waals surface area contributed by atoms with Crippen LogP contribution in [-0.4, -0.2) is 41.1 Å². The number of hydrogen-bond acceptors (Lipinski definition) is 9. The fourth-order valence-electron chi connectivity index (χ4n) is 8.88. The number of pyridine rings is 1. The van der Waals surface area contributed by atoms with Gasteiger partial charge in [-0.3, -0.25) is 4.98 Å². The molecule has 0 saturated carbocycles. The minimum Gasteiger partial charge on any atom is -0.403 e. The van der Waals surface area contributed by atoms with Crippen LogP contribution in [0.2, 0.25) is 0 Å². The molecule has 338 valence electrons. The van der Waals surface area contributed by atoms with Crippen molar-refractivity contribution >= 4 is 33.2 Å². The Morgan fingerprint density at radius 1 is 0.500 bits per heavy atom. The van der Waals surface area contributed by atoms with E-state index in [-0.39, 0.29) is 11.8 Å². The molecule has 0 aliphatic rings. The number of nitrogens with zero attached hydrogens (tertiary/aromatic N) is 5. The van der Waals surface area contributed by atoms with Gasteiger partial charge in [-0.25, -0.2) is 19.6 Å². The number of aromatic nitrogens is 3. The second kappa shape index (κ2) is 24.9. The van der Waals surface area contributed by atoms with E-state index in [1.54, 1.807) is 18.3 Å². The summed E-state index contributed by atoms with van der Waals surface area (Å²) in [6.45, 7) is 22.1. The molecule has 9 heteroatoms. The molecule has 0 fully saturated rings. The molecule has 0 saturated heterocycles. The fraction of sp³-hybridized carbons (Fsp3) is 0.604. The topological polar surface area (TPSA) is 106 Å². The molecule has 4 unspecified atom stereocenters. The quantitative estimate of drug-likeness (QED) is 0.0486. The maximum absolute atomic E-state index is 13.6. The lowest BCUT2D eigenvalue weighted by Crippen LogP contribution is -2.34. The van der Waals surface area contributed by atoms with Crippen LogP contribution in [-0.2, 0) is 0 Å². The van der Waals surface area contributed by atoms with Gasteiger partial charge in [0.15, 0.2) is 0 Å². The molecule has 3 aromatic heterocycles. The van der Waals surface area contributed by atoms with E-state index in [1.165, 1.54) is 77.0 Å². The number of unbranched alkanes of at least 4 members (excludes halogenated alkanes) is 4. The van der Waals surface area contributed by atoms with Gasteiger partial charge in [-0.2, -0.15) is 0 Å². The van der Waals surface area contributed by atoms with Gasteiger partial charge in [0.2, 0.25) is 11.8 Å². The average Bonchev–Trinajstić information content (AvgIpc) is 3.30. The monoisotopic (exact) mass is 848 g/mol. The van der Waals surface area contributed by atoms with Gasteiger partial charge in [0.25, 0.3) is 0 Å². The molecule has 0 bridgehead atoms. The summed E-state index contributed by atoms with van der Waals surface area (Å²) in [5, 5.41) is 0.939. The van der Waals surface area contributed by atoms with Crippen molar-refractivity contribution in [3.05, 3.63) is 75.6 Å². The van der Waals surface area contributed by atoms with Crippen molar-refractivity contribution in [1.29, 1.82) is 0 Å². The first-order chi connectivity index (χ1) is 30.2. The van der Waals surface area contributed by atoms with Gasteiger partial charge in [0.05, 0.1) is 27.4 Å². The van der Waals surface area contributed by atoms with Gasteiger partial charge in [-0.05, 0) is 97.9 Å². The highest BCUT2D eigenvalue weighted by Gasteiger charge is 2.22. The average molecular weight is 848 g/mol. The Kier molecular flexibility index (Phi) is 19.5. The van der Waals surface area contributed by atoms with Crippen molar-refractivity contribution in [2.75, 3.05) is 36.0 Å². The molecule has 0 amide bonds. The highest BCUT2D eigenvalue weighted by molar-refractivity contribution is 5.83. The molecule has 0 aliphatic carbocycles. The van der Waals surface area contributed by atoms with Crippen molar-refractivity contribution < 1.29 is 8.83 Å². The van der Waals surface area contributed by atoms with Crippen molar-refractivity contribution in [2.24, 2.45) is 23.7 Å². The summed E-state index contributed by atoms with van der Waals surface area (Å²) in [6, 6.07) is 15.5. The lowest BCUT2D eigenvalue weighted by molar-refractivity contribution is 0.403. The Hall–Kier alpha value is -4.53. The predicted molar refractivity (Wildman–Crippen MR) is 260 cm³/mol. The summed E-state index contributed by atoms with van der Waals surface area (Å²) in [6.07, 6.45) is 20.7. The molecule has 2 aromatic carbocycles. The molecule has 5 rings (SSSR count). The molecule has 0 spiro atoms. The first-order valence-corrected chi connectivity index (χ1v) is 24.5. The molecule has 9 nitrogen and oxygen atoms in total. The lowest BCUT2D eigenvalue weighted by atomic mass is 9.95. The van der Waals surface area contributed by atoms with Crippen LogP contribution in [0.25, 0.3) is 44.8 Å². The maximum Gasteiger partial charge on any atom is 0.347 e. The number of benzene rings is 2. The molecule has 0 aliphatic heterocycles.